The number of hydrogen-bond donors (Lipinski definition) is 2. The molecule has 0 saturated heterocycles. The van der Waals surface area contributed by atoms with E-state index < -0.39 is 0 Å². The fourth-order valence-corrected chi connectivity index (χ4v) is 2.45. The number of unbranched alkanes of at least 4 members (excludes halogenated alkanes) is 1. The van der Waals surface area contributed by atoms with Gasteiger partial charge >= 0.3 is 0 Å². The van der Waals surface area contributed by atoms with Crippen LogP contribution in [0, 0.1) is 0 Å². The molecule has 2 N–H and O–H groups in total. The van der Waals surface area contributed by atoms with Crippen molar-refractivity contribution in [2.75, 3.05) is 27.3 Å². The third-order valence-electron chi connectivity index (χ3n) is 3.85. The first-order valence-corrected chi connectivity index (χ1v) is 8.82. The molecule has 1 heterocycles. The predicted molar refractivity (Wildman–Crippen MR) is 102 cm³/mol. The van der Waals surface area contributed by atoms with Crippen molar-refractivity contribution in [1.82, 2.24) is 25.4 Å². The Labute approximate surface area is 154 Å². The van der Waals surface area contributed by atoms with Crippen molar-refractivity contribution in [2.24, 2.45) is 4.99 Å². The van der Waals surface area contributed by atoms with Gasteiger partial charge in [-0.05, 0) is 31.9 Å². The van der Waals surface area contributed by atoms with Crippen molar-refractivity contribution >= 4 is 5.96 Å². The lowest BCUT2D eigenvalue weighted by atomic mass is 10.2. The van der Waals surface area contributed by atoms with Crippen LogP contribution in [0.1, 0.15) is 25.3 Å². The summed E-state index contributed by atoms with van der Waals surface area (Å²) in [5, 5.41) is 14.2. The van der Waals surface area contributed by atoms with Crippen LogP contribution in [0.4, 0.5) is 0 Å². The molecule has 0 amide bonds. The SMILES string of the molecule is CCNC(=NCc1ccc(OC)cc1OC)NCCCCn1cnnc1. The standard InChI is InChI=1S/C18H28N6O2/c1-4-19-18(20-9-5-6-10-24-13-22-23-14-24)21-12-15-7-8-16(25-2)11-17(15)26-3/h7-8,11,13-14H,4-6,9-10,12H2,1-3H3,(H2,19,20,21). The van der Waals surface area contributed by atoms with Crippen molar-refractivity contribution in [3.05, 3.63) is 36.4 Å². The Kier molecular flexibility index (Phi) is 8.25. The molecule has 0 bridgehead atoms. The van der Waals surface area contributed by atoms with E-state index in [0.717, 1.165) is 55.5 Å². The highest BCUT2D eigenvalue weighted by Crippen LogP contribution is 2.25. The first kappa shape index (κ1) is 19.6. The Hall–Kier alpha value is -2.77. The number of methoxy groups -OCH3 is 2. The molecule has 8 nitrogen and oxygen atoms in total. The third kappa shape index (κ3) is 6.27. The van der Waals surface area contributed by atoms with Gasteiger partial charge in [0, 0.05) is 31.3 Å². The number of ether oxygens (including phenoxy) is 2. The average molecular weight is 360 g/mol. The molecule has 0 atom stereocenters. The van der Waals surface area contributed by atoms with Gasteiger partial charge in [-0.3, -0.25) is 0 Å². The van der Waals surface area contributed by atoms with Gasteiger partial charge in [0.25, 0.3) is 0 Å². The van der Waals surface area contributed by atoms with Crippen LogP contribution in [0.5, 0.6) is 11.5 Å². The summed E-state index contributed by atoms with van der Waals surface area (Å²) < 4.78 is 12.6. The molecule has 0 spiro atoms. The van der Waals surface area contributed by atoms with E-state index in [1.54, 1.807) is 26.9 Å². The van der Waals surface area contributed by atoms with E-state index in [1.165, 1.54) is 0 Å². The molecular weight excluding hydrogens is 332 g/mol. The molecule has 1 aromatic heterocycles. The van der Waals surface area contributed by atoms with Gasteiger partial charge < -0.3 is 24.7 Å². The van der Waals surface area contributed by atoms with Gasteiger partial charge in [-0.25, -0.2) is 4.99 Å². The molecule has 142 valence electrons. The van der Waals surface area contributed by atoms with Gasteiger partial charge in [0.15, 0.2) is 5.96 Å². The fraction of sp³-hybridized carbons (Fsp3) is 0.500. The Balaban J connectivity index is 1.83. The van der Waals surface area contributed by atoms with Crippen LogP contribution in [-0.2, 0) is 13.1 Å². The van der Waals surface area contributed by atoms with E-state index in [9.17, 15) is 0 Å². The smallest absolute Gasteiger partial charge is 0.191 e. The van der Waals surface area contributed by atoms with Crippen LogP contribution in [0.3, 0.4) is 0 Å². The Morgan fingerprint density at radius 2 is 1.92 bits per heavy atom. The van der Waals surface area contributed by atoms with Crippen LogP contribution in [0.15, 0.2) is 35.8 Å². The van der Waals surface area contributed by atoms with E-state index in [1.807, 2.05) is 22.8 Å². The minimum atomic E-state index is 0.531. The lowest BCUT2D eigenvalue weighted by molar-refractivity contribution is 0.391. The summed E-state index contributed by atoms with van der Waals surface area (Å²) in [6.07, 6.45) is 5.56. The lowest BCUT2D eigenvalue weighted by Gasteiger charge is -2.13. The number of rotatable bonds is 10. The Morgan fingerprint density at radius 3 is 2.62 bits per heavy atom. The lowest BCUT2D eigenvalue weighted by Crippen LogP contribution is -2.37. The molecule has 26 heavy (non-hydrogen) atoms. The predicted octanol–water partition coefficient (Wildman–Crippen LogP) is 1.83. The van der Waals surface area contributed by atoms with Crippen LogP contribution in [-0.4, -0.2) is 48.0 Å². The number of guanidine groups is 1. The van der Waals surface area contributed by atoms with E-state index in [0.29, 0.717) is 6.54 Å². The van der Waals surface area contributed by atoms with E-state index >= 15 is 0 Å². The number of hydrogen-bond acceptors (Lipinski definition) is 5. The van der Waals surface area contributed by atoms with Gasteiger partial charge in [-0.15, -0.1) is 10.2 Å². The van der Waals surface area contributed by atoms with E-state index in [-0.39, 0.29) is 0 Å². The van der Waals surface area contributed by atoms with Gasteiger partial charge in [0.1, 0.15) is 24.2 Å². The minimum absolute atomic E-state index is 0.531. The second-order valence-electron chi connectivity index (χ2n) is 5.71. The maximum absolute atomic E-state index is 5.43. The highest BCUT2D eigenvalue weighted by Gasteiger charge is 2.05. The molecule has 2 aromatic rings. The van der Waals surface area contributed by atoms with Crippen LogP contribution < -0.4 is 20.1 Å². The number of nitrogens with zero attached hydrogens (tertiary/aromatic N) is 4. The van der Waals surface area contributed by atoms with Gasteiger partial charge in [-0.1, -0.05) is 0 Å². The highest BCUT2D eigenvalue weighted by atomic mass is 16.5. The zero-order valence-electron chi connectivity index (χ0n) is 15.7. The quantitative estimate of drug-likeness (QED) is 0.382. The maximum atomic E-state index is 5.43. The molecular formula is C18H28N6O2. The summed E-state index contributed by atoms with van der Waals surface area (Å²) in [6.45, 7) is 5.17. The summed E-state index contributed by atoms with van der Waals surface area (Å²) in [7, 11) is 3.30. The molecule has 8 heteroatoms. The number of aromatic nitrogens is 3. The third-order valence-corrected chi connectivity index (χ3v) is 3.85. The molecule has 0 radical (unpaired) electrons. The average Bonchev–Trinajstić information content (AvgIpc) is 3.19. The summed E-state index contributed by atoms with van der Waals surface area (Å²) in [4.78, 5) is 4.64. The first-order chi connectivity index (χ1) is 12.8. The number of aliphatic imine (C=N–C) groups is 1. The molecule has 0 aliphatic heterocycles. The second-order valence-corrected chi connectivity index (χ2v) is 5.71. The second kappa shape index (κ2) is 11.0. The summed E-state index contributed by atoms with van der Waals surface area (Å²) >= 11 is 0. The van der Waals surface area contributed by atoms with Crippen LogP contribution in [0.2, 0.25) is 0 Å². The zero-order valence-corrected chi connectivity index (χ0v) is 15.7. The van der Waals surface area contributed by atoms with Crippen LogP contribution >= 0.6 is 0 Å². The largest absolute Gasteiger partial charge is 0.497 e. The van der Waals surface area contributed by atoms with Crippen molar-refractivity contribution in [3.8, 4) is 11.5 Å². The normalized spacial score (nSPS) is 11.3. The van der Waals surface area contributed by atoms with Crippen molar-refractivity contribution in [1.29, 1.82) is 0 Å². The topological polar surface area (TPSA) is 85.6 Å². The summed E-state index contributed by atoms with van der Waals surface area (Å²) in [6, 6.07) is 5.76. The Morgan fingerprint density at radius 1 is 1.12 bits per heavy atom. The molecule has 0 aliphatic rings. The number of benzene rings is 1. The molecule has 0 unspecified atom stereocenters. The number of nitrogens with one attached hydrogen (secondary N) is 2. The summed E-state index contributed by atoms with van der Waals surface area (Å²) in [5.74, 6) is 2.35. The maximum Gasteiger partial charge on any atom is 0.191 e. The van der Waals surface area contributed by atoms with Crippen molar-refractivity contribution < 1.29 is 9.47 Å². The first-order valence-electron chi connectivity index (χ1n) is 8.82. The zero-order chi connectivity index (χ0) is 18.6. The van der Waals surface area contributed by atoms with Crippen molar-refractivity contribution in [3.63, 3.8) is 0 Å². The van der Waals surface area contributed by atoms with E-state index in [2.05, 4.69) is 32.7 Å². The molecule has 0 fully saturated rings. The Bertz CT molecular complexity index is 672. The van der Waals surface area contributed by atoms with Crippen LogP contribution in [0.25, 0.3) is 0 Å². The monoisotopic (exact) mass is 360 g/mol. The van der Waals surface area contributed by atoms with Gasteiger partial charge in [0.05, 0.1) is 20.8 Å². The highest BCUT2D eigenvalue weighted by molar-refractivity contribution is 5.79. The number of aryl methyl sites for hydroxylation is 1. The minimum Gasteiger partial charge on any atom is -0.497 e. The fourth-order valence-electron chi connectivity index (χ4n) is 2.45. The molecule has 2 rings (SSSR count). The van der Waals surface area contributed by atoms with Crippen molar-refractivity contribution in [2.45, 2.75) is 32.9 Å². The molecule has 1 aromatic carbocycles. The molecule has 0 aliphatic carbocycles. The van der Waals surface area contributed by atoms with Gasteiger partial charge in [-0.2, -0.15) is 0 Å². The van der Waals surface area contributed by atoms with E-state index in [4.69, 9.17) is 9.47 Å². The van der Waals surface area contributed by atoms with Gasteiger partial charge in [0.2, 0.25) is 0 Å². The molecule has 0 saturated carbocycles. The summed E-state index contributed by atoms with van der Waals surface area (Å²) in [5.41, 5.74) is 1.01.